The van der Waals surface area contributed by atoms with Gasteiger partial charge in [0.25, 0.3) is 11.6 Å². The normalized spacial score (nSPS) is 15.3. The molecule has 9 heteroatoms. The number of fused-ring (bicyclic) bond motifs is 1. The lowest BCUT2D eigenvalue weighted by atomic mass is 9.93. The number of amides is 2. The number of halogens is 1. The van der Waals surface area contributed by atoms with Crippen molar-refractivity contribution in [1.82, 2.24) is 0 Å². The van der Waals surface area contributed by atoms with E-state index in [1.54, 1.807) is 39.1 Å². The second-order valence-electron chi connectivity index (χ2n) is 7.09. The minimum absolute atomic E-state index is 0.0233. The molecule has 2 amide bonds. The van der Waals surface area contributed by atoms with Crippen molar-refractivity contribution in [3.8, 4) is 5.75 Å². The number of nitrogens with zero attached hydrogens (tertiary/aromatic N) is 2. The summed E-state index contributed by atoms with van der Waals surface area (Å²) in [4.78, 5) is 36.7. The van der Waals surface area contributed by atoms with E-state index in [-0.39, 0.29) is 28.8 Å². The summed E-state index contributed by atoms with van der Waals surface area (Å²) >= 11 is 6.00. The molecule has 0 spiro atoms. The first-order valence-corrected chi connectivity index (χ1v) is 8.78. The SMILES string of the molecule is CN1C(=O)C(C)(C)COc2cc(NC(=O)c3ccc([N+](=O)[O-])cc3Cl)ccc21. The molecule has 0 aromatic heterocycles. The Morgan fingerprint density at radius 1 is 1.29 bits per heavy atom. The highest BCUT2D eigenvalue weighted by atomic mass is 35.5. The van der Waals surface area contributed by atoms with Crippen LogP contribution in [0.15, 0.2) is 36.4 Å². The molecule has 0 bridgehead atoms. The van der Waals surface area contributed by atoms with Gasteiger partial charge in [0.1, 0.15) is 12.4 Å². The highest BCUT2D eigenvalue weighted by Gasteiger charge is 2.36. The molecule has 2 aromatic carbocycles. The summed E-state index contributed by atoms with van der Waals surface area (Å²) < 4.78 is 5.78. The van der Waals surface area contributed by atoms with E-state index in [4.69, 9.17) is 16.3 Å². The molecule has 2 aromatic rings. The summed E-state index contributed by atoms with van der Waals surface area (Å²) in [5.41, 5.74) is 0.274. The van der Waals surface area contributed by atoms with Crippen molar-refractivity contribution in [3.05, 3.63) is 57.1 Å². The Labute approximate surface area is 166 Å². The van der Waals surface area contributed by atoms with E-state index in [9.17, 15) is 19.7 Å². The fourth-order valence-electron chi connectivity index (χ4n) is 2.87. The molecule has 0 aliphatic carbocycles. The summed E-state index contributed by atoms with van der Waals surface area (Å²) in [5, 5.41) is 13.5. The number of carbonyl (C=O) groups is 2. The standard InChI is InChI=1S/C19H18ClN3O5/c1-19(2)10-28-16-8-11(4-7-15(16)22(3)18(19)25)21-17(24)13-6-5-12(23(26)27)9-14(13)20/h4-9H,10H2,1-3H3,(H,21,24). The molecule has 1 aliphatic rings. The van der Waals surface area contributed by atoms with Crippen LogP contribution in [-0.4, -0.2) is 30.4 Å². The lowest BCUT2D eigenvalue weighted by Crippen LogP contribution is -2.39. The molecule has 8 nitrogen and oxygen atoms in total. The van der Waals surface area contributed by atoms with Crippen LogP contribution in [0.5, 0.6) is 5.75 Å². The summed E-state index contributed by atoms with van der Waals surface area (Å²) in [7, 11) is 1.67. The van der Waals surface area contributed by atoms with Crippen LogP contribution in [0.4, 0.5) is 17.1 Å². The minimum Gasteiger partial charge on any atom is -0.490 e. The van der Waals surface area contributed by atoms with Crippen molar-refractivity contribution in [3.63, 3.8) is 0 Å². The van der Waals surface area contributed by atoms with E-state index in [0.717, 1.165) is 6.07 Å². The van der Waals surface area contributed by atoms with E-state index in [1.807, 2.05) is 0 Å². The number of hydrogen-bond donors (Lipinski definition) is 1. The molecule has 1 heterocycles. The highest BCUT2D eigenvalue weighted by molar-refractivity contribution is 6.34. The van der Waals surface area contributed by atoms with Gasteiger partial charge in [0.2, 0.25) is 5.91 Å². The topological polar surface area (TPSA) is 102 Å². The third-order valence-corrected chi connectivity index (χ3v) is 4.77. The monoisotopic (exact) mass is 403 g/mol. The number of ether oxygens (including phenoxy) is 1. The van der Waals surface area contributed by atoms with Crippen LogP contribution in [0.1, 0.15) is 24.2 Å². The van der Waals surface area contributed by atoms with E-state index in [1.165, 1.54) is 17.0 Å². The number of nitro benzene ring substituents is 1. The molecule has 0 saturated heterocycles. The van der Waals surface area contributed by atoms with Gasteiger partial charge in [-0.1, -0.05) is 11.6 Å². The third kappa shape index (κ3) is 3.63. The van der Waals surface area contributed by atoms with Crippen LogP contribution in [0.3, 0.4) is 0 Å². The predicted octanol–water partition coefficient (Wildman–Crippen LogP) is 3.88. The number of hydrogen-bond acceptors (Lipinski definition) is 5. The van der Waals surface area contributed by atoms with Crippen LogP contribution in [0, 0.1) is 15.5 Å². The lowest BCUT2D eigenvalue weighted by Gasteiger charge is -2.24. The summed E-state index contributed by atoms with van der Waals surface area (Å²) in [6.45, 7) is 3.81. The van der Waals surface area contributed by atoms with Crippen LogP contribution in [-0.2, 0) is 4.79 Å². The molecule has 0 radical (unpaired) electrons. The number of non-ortho nitro benzene ring substituents is 1. The van der Waals surface area contributed by atoms with Crippen LogP contribution >= 0.6 is 11.6 Å². The predicted molar refractivity (Wildman–Crippen MR) is 105 cm³/mol. The van der Waals surface area contributed by atoms with Crippen molar-refractivity contribution in [2.75, 3.05) is 23.9 Å². The van der Waals surface area contributed by atoms with Gasteiger partial charge in [0.15, 0.2) is 0 Å². The van der Waals surface area contributed by atoms with Gasteiger partial charge in [0, 0.05) is 30.9 Å². The Hall–Kier alpha value is -3.13. The third-order valence-electron chi connectivity index (χ3n) is 4.46. The second kappa shape index (κ2) is 7.12. The Balaban J connectivity index is 1.85. The van der Waals surface area contributed by atoms with Gasteiger partial charge in [0.05, 0.1) is 26.6 Å². The molecule has 1 N–H and O–H groups in total. The van der Waals surface area contributed by atoms with Gasteiger partial charge < -0.3 is 15.0 Å². The van der Waals surface area contributed by atoms with Crippen LogP contribution < -0.4 is 15.0 Å². The Morgan fingerprint density at radius 2 is 2.00 bits per heavy atom. The maximum atomic E-state index is 12.5. The number of nitrogens with one attached hydrogen (secondary N) is 1. The molecular formula is C19H18ClN3O5. The van der Waals surface area contributed by atoms with Gasteiger partial charge in [-0.3, -0.25) is 19.7 Å². The first-order chi connectivity index (χ1) is 13.1. The number of nitro groups is 1. The molecule has 3 rings (SSSR count). The Bertz CT molecular complexity index is 990. The zero-order valence-corrected chi connectivity index (χ0v) is 16.2. The van der Waals surface area contributed by atoms with Gasteiger partial charge in [-0.25, -0.2) is 0 Å². The minimum atomic E-state index is -0.677. The Morgan fingerprint density at radius 3 is 2.64 bits per heavy atom. The smallest absolute Gasteiger partial charge is 0.270 e. The fourth-order valence-corrected chi connectivity index (χ4v) is 3.13. The van der Waals surface area contributed by atoms with E-state index < -0.39 is 16.2 Å². The fraction of sp³-hybridized carbons (Fsp3) is 0.263. The zero-order valence-electron chi connectivity index (χ0n) is 15.5. The van der Waals surface area contributed by atoms with Crippen molar-refractivity contribution in [2.24, 2.45) is 5.41 Å². The zero-order chi connectivity index (χ0) is 20.6. The summed E-state index contributed by atoms with van der Waals surface area (Å²) in [6.07, 6.45) is 0. The van der Waals surface area contributed by atoms with Crippen molar-refractivity contribution >= 4 is 40.5 Å². The quantitative estimate of drug-likeness (QED) is 0.618. The molecular weight excluding hydrogens is 386 g/mol. The molecule has 28 heavy (non-hydrogen) atoms. The molecule has 0 unspecified atom stereocenters. The number of benzene rings is 2. The van der Waals surface area contributed by atoms with E-state index in [0.29, 0.717) is 17.1 Å². The Kier molecular flexibility index (Phi) is 4.99. The van der Waals surface area contributed by atoms with Gasteiger partial charge in [-0.2, -0.15) is 0 Å². The van der Waals surface area contributed by atoms with Crippen LogP contribution in [0.25, 0.3) is 0 Å². The van der Waals surface area contributed by atoms with Crippen molar-refractivity contribution in [2.45, 2.75) is 13.8 Å². The molecule has 0 saturated carbocycles. The van der Waals surface area contributed by atoms with Crippen molar-refractivity contribution in [1.29, 1.82) is 0 Å². The molecule has 1 aliphatic heterocycles. The largest absolute Gasteiger partial charge is 0.490 e. The van der Waals surface area contributed by atoms with Crippen molar-refractivity contribution < 1.29 is 19.2 Å². The first kappa shape index (κ1) is 19.6. The maximum Gasteiger partial charge on any atom is 0.270 e. The summed E-state index contributed by atoms with van der Waals surface area (Å²) in [6, 6.07) is 8.58. The lowest BCUT2D eigenvalue weighted by molar-refractivity contribution is -0.384. The average Bonchev–Trinajstić information content (AvgIpc) is 2.72. The molecule has 0 fully saturated rings. The number of anilines is 2. The summed E-state index contributed by atoms with van der Waals surface area (Å²) in [5.74, 6) is -0.118. The van der Waals surface area contributed by atoms with Gasteiger partial charge in [-0.05, 0) is 32.0 Å². The first-order valence-electron chi connectivity index (χ1n) is 8.40. The van der Waals surface area contributed by atoms with Crippen LogP contribution in [0.2, 0.25) is 5.02 Å². The van der Waals surface area contributed by atoms with Gasteiger partial charge >= 0.3 is 0 Å². The number of carbonyl (C=O) groups excluding carboxylic acids is 2. The molecule has 146 valence electrons. The van der Waals surface area contributed by atoms with E-state index in [2.05, 4.69) is 5.32 Å². The maximum absolute atomic E-state index is 12.5. The molecule has 0 atom stereocenters. The van der Waals surface area contributed by atoms with Gasteiger partial charge in [-0.15, -0.1) is 0 Å². The average molecular weight is 404 g/mol. The highest BCUT2D eigenvalue weighted by Crippen LogP contribution is 2.37. The van der Waals surface area contributed by atoms with E-state index >= 15 is 0 Å². The second-order valence-corrected chi connectivity index (χ2v) is 7.50. The number of rotatable bonds is 3.